The van der Waals surface area contributed by atoms with Gasteiger partial charge >= 0.3 is 0 Å². The van der Waals surface area contributed by atoms with E-state index in [-0.39, 0.29) is 15.8 Å². The van der Waals surface area contributed by atoms with E-state index in [1.807, 2.05) is 6.92 Å². The molecule has 1 aromatic carbocycles. The summed E-state index contributed by atoms with van der Waals surface area (Å²) in [5, 5.41) is 0.0971. The first-order chi connectivity index (χ1) is 11.0. The van der Waals surface area contributed by atoms with Gasteiger partial charge < -0.3 is 4.90 Å². The van der Waals surface area contributed by atoms with Crippen molar-refractivity contribution in [3.8, 4) is 0 Å². The van der Waals surface area contributed by atoms with E-state index in [0.717, 1.165) is 12.8 Å². The third-order valence-electron chi connectivity index (χ3n) is 3.36. The van der Waals surface area contributed by atoms with Crippen LogP contribution in [0.3, 0.4) is 0 Å². The molecule has 1 amide bonds. The lowest BCUT2D eigenvalue weighted by Crippen LogP contribution is -2.40. The summed E-state index contributed by atoms with van der Waals surface area (Å²) in [6.07, 6.45) is 1.89. The van der Waals surface area contributed by atoms with Gasteiger partial charge in [-0.15, -0.1) is 0 Å². The summed E-state index contributed by atoms with van der Waals surface area (Å²) >= 11 is 6.07. The second-order valence-electron chi connectivity index (χ2n) is 6.74. The summed E-state index contributed by atoms with van der Waals surface area (Å²) in [5.41, 5.74) is -0.315. The zero-order valence-corrected chi connectivity index (χ0v) is 16.6. The Bertz CT molecular complexity index is 682. The number of benzene rings is 1. The summed E-state index contributed by atoms with van der Waals surface area (Å²) in [7, 11) is -3.81. The van der Waals surface area contributed by atoms with Crippen LogP contribution in [0.5, 0.6) is 0 Å². The SMILES string of the molecule is CCCCN(CC)C(=O)c1ccc(Cl)c(S(=O)(=O)NC(C)(C)C)c1. The molecule has 0 heterocycles. The predicted octanol–water partition coefficient (Wildman–Crippen LogP) is 3.68. The van der Waals surface area contributed by atoms with Gasteiger partial charge in [0.1, 0.15) is 4.90 Å². The van der Waals surface area contributed by atoms with Crippen molar-refractivity contribution in [3.63, 3.8) is 0 Å². The van der Waals surface area contributed by atoms with E-state index in [0.29, 0.717) is 18.7 Å². The maximum Gasteiger partial charge on any atom is 0.253 e. The van der Waals surface area contributed by atoms with Crippen molar-refractivity contribution in [2.24, 2.45) is 0 Å². The molecule has 0 aliphatic carbocycles. The molecule has 0 atom stereocenters. The molecule has 0 unspecified atom stereocenters. The van der Waals surface area contributed by atoms with Gasteiger partial charge in [-0.1, -0.05) is 24.9 Å². The van der Waals surface area contributed by atoms with Gasteiger partial charge in [-0.25, -0.2) is 13.1 Å². The second-order valence-corrected chi connectivity index (χ2v) is 8.80. The molecule has 0 aliphatic heterocycles. The van der Waals surface area contributed by atoms with Crippen LogP contribution in [-0.2, 0) is 10.0 Å². The maximum absolute atomic E-state index is 12.6. The monoisotopic (exact) mass is 374 g/mol. The van der Waals surface area contributed by atoms with Crippen LogP contribution in [0.1, 0.15) is 57.8 Å². The fourth-order valence-electron chi connectivity index (χ4n) is 2.24. The van der Waals surface area contributed by atoms with Crippen molar-refractivity contribution in [2.75, 3.05) is 13.1 Å². The average molecular weight is 375 g/mol. The first-order valence-corrected chi connectivity index (χ1v) is 10.0. The molecule has 7 heteroatoms. The number of halogens is 1. The molecule has 0 aliphatic rings. The Morgan fingerprint density at radius 3 is 2.38 bits per heavy atom. The Hall–Kier alpha value is -1.11. The Balaban J connectivity index is 3.20. The van der Waals surface area contributed by atoms with Gasteiger partial charge in [0.05, 0.1) is 5.02 Å². The molecule has 5 nitrogen and oxygen atoms in total. The van der Waals surface area contributed by atoms with Crippen LogP contribution in [-0.4, -0.2) is 37.9 Å². The summed E-state index contributed by atoms with van der Waals surface area (Å²) in [6.45, 7) is 10.4. The highest BCUT2D eigenvalue weighted by molar-refractivity contribution is 7.89. The Kier molecular flexibility index (Phi) is 7.25. The highest BCUT2D eigenvalue weighted by atomic mass is 35.5. The standard InChI is InChI=1S/C17H27ClN2O3S/c1-6-8-11-20(7-2)16(21)13-9-10-14(18)15(12-13)24(22,23)19-17(3,4)5/h9-10,12,19H,6-8,11H2,1-5H3. The van der Waals surface area contributed by atoms with Crippen LogP contribution in [0.2, 0.25) is 5.02 Å². The predicted molar refractivity (Wildman–Crippen MR) is 98.0 cm³/mol. The first kappa shape index (κ1) is 20.9. The number of nitrogens with zero attached hydrogens (tertiary/aromatic N) is 1. The van der Waals surface area contributed by atoms with Crippen molar-refractivity contribution < 1.29 is 13.2 Å². The van der Waals surface area contributed by atoms with Crippen molar-refractivity contribution in [3.05, 3.63) is 28.8 Å². The minimum atomic E-state index is -3.81. The second kappa shape index (κ2) is 8.32. The quantitative estimate of drug-likeness (QED) is 0.791. The summed E-state index contributed by atoms with van der Waals surface area (Å²) in [5.74, 6) is -0.185. The van der Waals surface area contributed by atoms with Crippen LogP contribution in [0.15, 0.2) is 23.1 Å². The molecular weight excluding hydrogens is 348 g/mol. The molecule has 0 fully saturated rings. The number of unbranched alkanes of at least 4 members (excludes halogenated alkanes) is 1. The van der Waals surface area contributed by atoms with Crippen LogP contribution < -0.4 is 4.72 Å². The van der Waals surface area contributed by atoms with Gasteiger partial charge in [-0.3, -0.25) is 4.79 Å². The fraction of sp³-hybridized carbons (Fsp3) is 0.588. The van der Waals surface area contributed by atoms with E-state index >= 15 is 0 Å². The van der Waals surface area contributed by atoms with E-state index in [9.17, 15) is 13.2 Å². The number of sulfonamides is 1. The number of carbonyl (C=O) groups excluding carboxylic acids is 1. The Morgan fingerprint density at radius 1 is 1.25 bits per heavy atom. The molecule has 0 radical (unpaired) electrons. The fourth-order valence-corrected chi connectivity index (χ4v) is 4.18. The van der Waals surface area contributed by atoms with Crippen molar-refractivity contribution >= 4 is 27.5 Å². The van der Waals surface area contributed by atoms with Crippen LogP contribution in [0.25, 0.3) is 0 Å². The number of rotatable bonds is 7. The molecule has 1 aromatic rings. The number of hydrogen-bond acceptors (Lipinski definition) is 3. The zero-order chi connectivity index (χ0) is 18.5. The summed E-state index contributed by atoms with van der Waals surface area (Å²) in [4.78, 5) is 14.3. The topological polar surface area (TPSA) is 66.5 Å². The van der Waals surface area contributed by atoms with Gasteiger partial charge in [0.15, 0.2) is 0 Å². The highest BCUT2D eigenvalue weighted by Gasteiger charge is 2.26. The molecular formula is C17H27ClN2O3S. The van der Waals surface area contributed by atoms with Crippen molar-refractivity contribution in [1.29, 1.82) is 0 Å². The molecule has 1 rings (SSSR count). The Labute approximate surface area is 150 Å². The molecule has 0 bridgehead atoms. The smallest absolute Gasteiger partial charge is 0.253 e. The lowest BCUT2D eigenvalue weighted by atomic mass is 10.1. The van der Waals surface area contributed by atoms with Gasteiger partial charge in [-0.2, -0.15) is 0 Å². The largest absolute Gasteiger partial charge is 0.339 e. The molecule has 0 spiro atoms. The summed E-state index contributed by atoms with van der Waals surface area (Å²) < 4.78 is 27.6. The van der Waals surface area contributed by atoms with Gasteiger partial charge in [0.25, 0.3) is 5.91 Å². The maximum atomic E-state index is 12.6. The van der Waals surface area contributed by atoms with E-state index < -0.39 is 15.6 Å². The van der Waals surface area contributed by atoms with E-state index in [2.05, 4.69) is 11.6 Å². The number of amides is 1. The Morgan fingerprint density at radius 2 is 1.88 bits per heavy atom. The van der Waals surface area contributed by atoms with E-state index in [1.54, 1.807) is 31.7 Å². The van der Waals surface area contributed by atoms with Gasteiger partial charge in [0.2, 0.25) is 10.0 Å². The first-order valence-electron chi connectivity index (χ1n) is 8.14. The van der Waals surface area contributed by atoms with Crippen molar-refractivity contribution in [1.82, 2.24) is 9.62 Å². The van der Waals surface area contributed by atoms with Crippen molar-refractivity contribution in [2.45, 2.75) is 57.9 Å². The van der Waals surface area contributed by atoms with E-state index in [1.165, 1.54) is 12.1 Å². The van der Waals surface area contributed by atoms with Gasteiger partial charge in [-0.05, 0) is 52.3 Å². The molecule has 0 aromatic heterocycles. The lowest BCUT2D eigenvalue weighted by Gasteiger charge is -2.23. The summed E-state index contributed by atoms with van der Waals surface area (Å²) in [6, 6.07) is 4.38. The molecule has 1 N–H and O–H groups in total. The highest BCUT2D eigenvalue weighted by Crippen LogP contribution is 2.24. The van der Waals surface area contributed by atoms with E-state index in [4.69, 9.17) is 11.6 Å². The third-order valence-corrected chi connectivity index (χ3v) is 5.60. The number of hydrogen-bond donors (Lipinski definition) is 1. The minimum absolute atomic E-state index is 0.0727. The van der Waals surface area contributed by atoms with Crippen LogP contribution in [0, 0.1) is 0 Å². The molecule has 24 heavy (non-hydrogen) atoms. The molecule has 0 saturated heterocycles. The van der Waals surface area contributed by atoms with Gasteiger partial charge in [0, 0.05) is 24.2 Å². The minimum Gasteiger partial charge on any atom is -0.339 e. The third kappa shape index (κ3) is 5.76. The number of carbonyl (C=O) groups is 1. The average Bonchev–Trinajstić information content (AvgIpc) is 2.45. The van der Waals surface area contributed by atoms with Crippen LogP contribution in [0.4, 0.5) is 0 Å². The number of nitrogens with one attached hydrogen (secondary N) is 1. The molecule has 0 saturated carbocycles. The molecule has 136 valence electrons. The zero-order valence-electron chi connectivity index (χ0n) is 15.0. The normalized spacial score (nSPS) is 12.2. The lowest BCUT2D eigenvalue weighted by molar-refractivity contribution is 0.0762. The van der Waals surface area contributed by atoms with Crippen LogP contribution >= 0.6 is 11.6 Å².